The molecule has 0 bridgehead atoms. The van der Waals surface area contributed by atoms with Crippen LogP contribution in [0.4, 0.5) is 4.79 Å². The van der Waals surface area contributed by atoms with Crippen molar-refractivity contribution in [3.63, 3.8) is 0 Å². The lowest BCUT2D eigenvalue weighted by molar-refractivity contribution is 0.0493. The first kappa shape index (κ1) is 30.4. The van der Waals surface area contributed by atoms with Gasteiger partial charge < -0.3 is 30.3 Å². The Bertz CT molecular complexity index is 456. The number of rotatable bonds is 12. The van der Waals surface area contributed by atoms with Gasteiger partial charge in [-0.25, -0.2) is 4.79 Å². The number of nitrogens with one attached hydrogen (secondary N) is 3. The lowest BCUT2D eigenvalue weighted by Crippen LogP contribution is -2.45. The fraction of sp³-hybridized carbons (Fsp3) is 0.900. The Hall–Kier alpha value is -0.810. The molecule has 174 valence electrons. The predicted molar refractivity (Wildman–Crippen MR) is 131 cm³/mol. The van der Waals surface area contributed by atoms with Gasteiger partial charge in [0.2, 0.25) is 0 Å². The summed E-state index contributed by atoms with van der Waals surface area (Å²) in [6, 6.07) is -0.0953. The molecular weight excluding hydrogens is 485 g/mol. The second-order valence-electron chi connectivity index (χ2n) is 8.29. The maximum atomic E-state index is 12.1. The number of hydrogen-bond acceptors (Lipinski definition) is 5. The fourth-order valence-electron chi connectivity index (χ4n) is 2.37. The van der Waals surface area contributed by atoms with Crippen LogP contribution in [0, 0.1) is 5.92 Å². The SMILES string of the molecule is CCNC(=NCC(NC(=O)OC(C)(C)C)C(C)C)NCCN(C)CCCOC.I. The molecule has 0 saturated heterocycles. The molecular formula is C20H44IN5O3. The Morgan fingerprint density at radius 2 is 1.83 bits per heavy atom. The summed E-state index contributed by atoms with van der Waals surface area (Å²) in [4.78, 5) is 19.0. The smallest absolute Gasteiger partial charge is 0.407 e. The number of halogens is 1. The van der Waals surface area contributed by atoms with Gasteiger partial charge in [-0.1, -0.05) is 13.8 Å². The molecule has 0 aromatic carbocycles. The van der Waals surface area contributed by atoms with E-state index in [4.69, 9.17) is 9.47 Å². The van der Waals surface area contributed by atoms with E-state index in [0.29, 0.717) is 6.54 Å². The van der Waals surface area contributed by atoms with Crippen molar-refractivity contribution in [1.82, 2.24) is 20.9 Å². The largest absolute Gasteiger partial charge is 0.444 e. The molecule has 0 spiro atoms. The predicted octanol–water partition coefficient (Wildman–Crippen LogP) is 2.68. The Balaban J connectivity index is 0. The number of alkyl carbamates (subject to hydrolysis) is 1. The lowest BCUT2D eigenvalue weighted by Gasteiger charge is -2.25. The van der Waals surface area contributed by atoms with Crippen LogP contribution >= 0.6 is 24.0 Å². The van der Waals surface area contributed by atoms with Crippen molar-refractivity contribution < 1.29 is 14.3 Å². The standard InChI is InChI=1S/C20H43N5O3.HI/c1-9-21-18(22-11-13-25(7)12-10-14-27-8)23-15-17(16(2)3)24-19(26)28-20(4,5)6;/h16-17H,9-15H2,1-8H3,(H,24,26)(H2,21,22,23);1H. The number of ether oxygens (including phenoxy) is 2. The molecule has 0 heterocycles. The number of likely N-dealkylation sites (N-methyl/N-ethyl adjacent to an activating group) is 1. The molecule has 1 amide bonds. The van der Waals surface area contributed by atoms with E-state index in [-0.39, 0.29) is 35.9 Å². The monoisotopic (exact) mass is 529 g/mol. The Morgan fingerprint density at radius 1 is 1.17 bits per heavy atom. The van der Waals surface area contributed by atoms with Gasteiger partial charge in [-0.3, -0.25) is 4.99 Å². The van der Waals surface area contributed by atoms with Gasteiger partial charge in [0, 0.05) is 39.9 Å². The Labute approximate surface area is 195 Å². The summed E-state index contributed by atoms with van der Waals surface area (Å²) in [6.07, 6.45) is 0.616. The highest BCUT2D eigenvalue weighted by atomic mass is 127. The molecule has 0 aromatic rings. The zero-order chi connectivity index (χ0) is 21.6. The average Bonchev–Trinajstić information content (AvgIpc) is 2.56. The molecule has 0 aliphatic heterocycles. The quantitative estimate of drug-likeness (QED) is 0.156. The van der Waals surface area contributed by atoms with Gasteiger partial charge in [0.25, 0.3) is 0 Å². The summed E-state index contributed by atoms with van der Waals surface area (Å²) in [5.41, 5.74) is -0.513. The highest BCUT2D eigenvalue weighted by Gasteiger charge is 2.21. The van der Waals surface area contributed by atoms with Crippen LogP contribution < -0.4 is 16.0 Å². The van der Waals surface area contributed by atoms with Crippen LogP contribution in [0.25, 0.3) is 0 Å². The first-order valence-electron chi connectivity index (χ1n) is 10.3. The number of carbonyl (C=O) groups is 1. The first-order valence-corrected chi connectivity index (χ1v) is 10.3. The molecule has 8 nitrogen and oxygen atoms in total. The van der Waals surface area contributed by atoms with E-state index >= 15 is 0 Å². The summed E-state index contributed by atoms with van der Waals surface area (Å²) in [6.45, 7) is 16.5. The van der Waals surface area contributed by atoms with E-state index < -0.39 is 11.7 Å². The number of guanidine groups is 1. The van der Waals surface area contributed by atoms with Gasteiger partial charge in [0.15, 0.2) is 5.96 Å². The minimum atomic E-state index is -0.513. The minimum absolute atomic E-state index is 0. The molecule has 0 rings (SSSR count). The molecule has 1 atom stereocenters. The number of methoxy groups -OCH3 is 1. The van der Waals surface area contributed by atoms with E-state index in [1.54, 1.807) is 7.11 Å². The van der Waals surface area contributed by atoms with E-state index in [1.807, 2.05) is 27.7 Å². The summed E-state index contributed by atoms with van der Waals surface area (Å²) in [7, 11) is 3.82. The van der Waals surface area contributed by atoms with Gasteiger partial charge in [-0.05, 0) is 47.1 Å². The summed E-state index contributed by atoms with van der Waals surface area (Å²) >= 11 is 0. The lowest BCUT2D eigenvalue weighted by atomic mass is 10.1. The zero-order valence-electron chi connectivity index (χ0n) is 19.6. The number of aliphatic imine (C=N–C) groups is 1. The van der Waals surface area contributed by atoms with Crippen LogP contribution in [0.15, 0.2) is 4.99 Å². The third kappa shape index (κ3) is 17.7. The normalized spacial score (nSPS) is 13.1. The summed E-state index contributed by atoms with van der Waals surface area (Å²) in [5.74, 6) is 0.996. The van der Waals surface area contributed by atoms with Gasteiger partial charge in [-0.15, -0.1) is 24.0 Å². The number of hydrogen-bond donors (Lipinski definition) is 3. The fourth-order valence-corrected chi connectivity index (χ4v) is 2.37. The van der Waals surface area contributed by atoms with E-state index in [9.17, 15) is 4.79 Å². The molecule has 0 fully saturated rings. The van der Waals surface area contributed by atoms with Crippen LogP contribution in [0.2, 0.25) is 0 Å². The van der Waals surface area contributed by atoms with Crippen molar-refractivity contribution in [2.24, 2.45) is 10.9 Å². The molecule has 0 aromatic heterocycles. The second kappa shape index (κ2) is 16.9. The zero-order valence-corrected chi connectivity index (χ0v) is 22.0. The molecule has 9 heteroatoms. The molecule has 29 heavy (non-hydrogen) atoms. The molecule has 0 aliphatic carbocycles. The van der Waals surface area contributed by atoms with Crippen molar-refractivity contribution in [2.75, 3.05) is 53.5 Å². The molecule has 0 saturated carbocycles. The number of amides is 1. The van der Waals surface area contributed by atoms with Crippen molar-refractivity contribution in [3.05, 3.63) is 0 Å². The van der Waals surface area contributed by atoms with Gasteiger partial charge in [-0.2, -0.15) is 0 Å². The molecule has 3 N–H and O–H groups in total. The van der Waals surface area contributed by atoms with Crippen LogP contribution in [0.5, 0.6) is 0 Å². The van der Waals surface area contributed by atoms with Crippen molar-refractivity contribution >= 4 is 36.0 Å². The molecule has 0 radical (unpaired) electrons. The average molecular weight is 530 g/mol. The third-order valence-corrected chi connectivity index (χ3v) is 3.97. The van der Waals surface area contributed by atoms with E-state index in [1.165, 1.54) is 0 Å². The van der Waals surface area contributed by atoms with Crippen LogP contribution in [0.1, 0.15) is 48.0 Å². The highest BCUT2D eigenvalue weighted by Crippen LogP contribution is 2.09. The maximum Gasteiger partial charge on any atom is 0.407 e. The second-order valence-corrected chi connectivity index (χ2v) is 8.29. The number of carbonyl (C=O) groups excluding carboxylic acids is 1. The van der Waals surface area contributed by atoms with Crippen molar-refractivity contribution in [1.29, 1.82) is 0 Å². The van der Waals surface area contributed by atoms with Crippen LogP contribution in [0.3, 0.4) is 0 Å². The van der Waals surface area contributed by atoms with E-state index in [2.05, 4.69) is 46.7 Å². The maximum absolute atomic E-state index is 12.1. The Morgan fingerprint density at radius 3 is 2.34 bits per heavy atom. The van der Waals surface area contributed by atoms with Crippen LogP contribution in [-0.4, -0.2) is 82.1 Å². The van der Waals surface area contributed by atoms with Crippen molar-refractivity contribution in [2.45, 2.75) is 59.6 Å². The molecule has 1 unspecified atom stereocenters. The summed E-state index contributed by atoms with van der Waals surface area (Å²) < 4.78 is 10.4. The van der Waals surface area contributed by atoms with Gasteiger partial charge >= 0.3 is 6.09 Å². The molecule has 0 aliphatic rings. The third-order valence-electron chi connectivity index (χ3n) is 3.97. The van der Waals surface area contributed by atoms with E-state index in [0.717, 1.165) is 45.2 Å². The van der Waals surface area contributed by atoms with Crippen LogP contribution in [-0.2, 0) is 9.47 Å². The Kier molecular flexibility index (Phi) is 17.7. The minimum Gasteiger partial charge on any atom is -0.444 e. The highest BCUT2D eigenvalue weighted by molar-refractivity contribution is 14.0. The van der Waals surface area contributed by atoms with Crippen molar-refractivity contribution in [3.8, 4) is 0 Å². The summed E-state index contributed by atoms with van der Waals surface area (Å²) in [5, 5.41) is 9.53. The van der Waals surface area contributed by atoms with Gasteiger partial charge in [0.1, 0.15) is 5.60 Å². The topological polar surface area (TPSA) is 87.2 Å². The number of nitrogens with zero attached hydrogens (tertiary/aromatic N) is 2. The van der Waals surface area contributed by atoms with Gasteiger partial charge in [0.05, 0.1) is 12.6 Å². The first-order chi connectivity index (χ1) is 13.1.